The molecule has 0 aromatic heterocycles. The number of nitrogens with zero attached hydrogens (tertiary/aromatic N) is 1. The van der Waals surface area contributed by atoms with E-state index in [4.69, 9.17) is 9.84 Å². The maximum absolute atomic E-state index is 11.7. The molecule has 0 unspecified atom stereocenters. The van der Waals surface area contributed by atoms with Gasteiger partial charge in [0.25, 0.3) is 0 Å². The molecular formula is C14H27N3O4. The molecule has 7 heteroatoms. The lowest BCUT2D eigenvalue weighted by atomic mass is 10.1. The third-order valence-electron chi connectivity index (χ3n) is 3.27. The van der Waals surface area contributed by atoms with Gasteiger partial charge in [-0.3, -0.25) is 15.0 Å². The molecule has 122 valence electrons. The first-order valence-corrected chi connectivity index (χ1v) is 7.53. The number of hydrogen-bond donors (Lipinski definition) is 3. The van der Waals surface area contributed by atoms with E-state index >= 15 is 0 Å². The molecular weight excluding hydrogens is 274 g/mol. The summed E-state index contributed by atoms with van der Waals surface area (Å²) in [7, 11) is 0. The number of aliphatic hydroxyl groups is 1. The summed E-state index contributed by atoms with van der Waals surface area (Å²) in [6.07, 6.45) is 1.84. The van der Waals surface area contributed by atoms with Crippen LogP contribution in [0.3, 0.4) is 0 Å². The molecule has 0 aliphatic carbocycles. The Hall–Kier alpha value is -1.18. The van der Waals surface area contributed by atoms with Crippen molar-refractivity contribution in [3.8, 4) is 0 Å². The van der Waals surface area contributed by atoms with E-state index in [1.54, 1.807) is 0 Å². The van der Waals surface area contributed by atoms with Crippen LogP contribution in [0.5, 0.6) is 0 Å². The smallest absolute Gasteiger partial charge is 0.321 e. The van der Waals surface area contributed by atoms with Gasteiger partial charge in [0.2, 0.25) is 5.91 Å². The van der Waals surface area contributed by atoms with Gasteiger partial charge in [-0.15, -0.1) is 0 Å². The fourth-order valence-corrected chi connectivity index (χ4v) is 2.16. The summed E-state index contributed by atoms with van der Waals surface area (Å²) in [5.41, 5.74) is 0. The molecule has 1 aliphatic rings. The summed E-state index contributed by atoms with van der Waals surface area (Å²) in [4.78, 5) is 25.2. The summed E-state index contributed by atoms with van der Waals surface area (Å²) in [6, 6.07) is -0.435. The first-order chi connectivity index (χ1) is 10.0. The number of imide groups is 1. The first-order valence-electron chi connectivity index (χ1n) is 7.53. The van der Waals surface area contributed by atoms with E-state index in [-0.39, 0.29) is 25.2 Å². The fourth-order valence-electron chi connectivity index (χ4n) is 2.16. The van der Waals surface area contributed by atoms with Gasteiger partial charge >= 0.3 is 6.03 Å². The maximum Gasteiger partial charge on any atom is 0.321 e. The largest absolute Gasteiger partial charge is 0.394 e. The molecule has 3 amide bonds. The highest BCUT2D eigenvalue weighted by molar-refractivity contribution is 5.95. The van der Waals surface area contributed by atoms with Gasteiger partial charge in [-0.2, -0.15) is 0 Å². The van der Waals surface area contributed by atoms with Crippen molar-refractivity contribution < 1.29 is 19.4 Å². The van der Waals surface area contributed by atoms with E-state index < -0.39 is 6.03 Å². The molecule has 1 heterocycles. The van der Waals surface area contributed by atoms with E-state index in [9.17, 15) is 9.59 Å². The second-order valence-electron chi connectivity index (χ2n) is 5.72. The molecule has 1 fully saturated rings. The zero-order chi connectivity index (χ0) is 15.7. The van der Waals surface area contributed by atoms with Crippen LogP contribution in [-0.4, -0.2) is 67.4 Å². The summed E-state index contributed by atoms with van der Waals surface area (Å²) in [6.45, 7) is 6.67. The van der Waals surface area contributed by atoms with Crippen LogP contribution >= 0.6 is 0 Å². The number of carbonyl (C=O) groups is 2. The third kappa shape index (κ3) is 7.99. The number of ether oxygens (including phenoxy) is 1. The summed E-state index contributed by atoms with van der Waals surface area (Å²) in [5.74, 6) is 0.0646. The van der Waals surface area contributed by atoms with Gasteiger partial charge in [-0.1, -0.05) is 13.8 Å². The zero-order valence-corrected chi connectivity index (χ0v) is 12.9. The topological polar surface area (TPSA) is 90.9 Å². The Morgan fingerprint density at radius 3 is 2.57 bits per heavy atom. The number of nitrogens with one attached hydrogen (secondary N) is 2. The van der Waals surface area contributed by atoms with Crippen molar-refractivity contribution in [2.45, 2.75) is 32.8 Å². The summed E-state index contributed by atoms with van der Waals surface area (Å²) < 4.78 is 5.46. The van der Waals surface area contributed by atoms with E-state index in [2.05, 4.69) is 10.6 Å². The molecule has 0 aromatic carbocycles. The zero-order valence-electron chi connectivity index (χ0n) is 12.9. The highest BCUT2D eigenvalue weighted by Gasteiger charge is 2.21. The molecule has 1 saturated heterocycles. The standard InChI is InChI=1S/C14H27N3O4/c1-11(2)9-15-14(20)16-13(19)10-17-5-3-12(4-6-17)21-8-7-18/h11-12,18H,3-10H2,1-2H3,(H2,15,16,19,20). The molecule has 21 heavy (non-hydrogen) atoms. The number of likely N-dealkylation sites (tertiary alicyclic amines) is 1. The molecule has 1 rings (SSSR count). The Morgan fingerprint density at radius 2 is 2.00 bits per heavy atom. The number of carbonyl (C=O) groups excluding carboxylic acids is 2. The van der Waals surface area contributed by atoms with Crippen molar-refractivity contribution >= 4 is 11.9 Å². The van der Waals surface area contributed by atoms with Crippen LogP contribution in [0, 0.1) is 5.92 Å². The summed E-state index contributed by atoms with van der Waals surface area (Å²) in [5, 5.41) is 13.7. The van der Waals surface area contributed by atoms with Crippen LogP contribution in [0.4, 0.5) is 4.79 Å². The van der Waals surface area contributed by atoms with Crippen LogP contribution in [0.2, 0.25) is 0 Å². The molecule has 0 saturated carbocycles. The van der Waals surface area contributed by atoms with Crippen molar-refractivity contribution in [2.24, 2.45) is 5.92 Å². The number of urea groups is 1. The fraction of sp³-hybridized carbons (Fsp3) is 0.857. The molecule has 0 radical (unpaired) electrons. The van der Waals surface area contributed by atoms with Crippen LogP contribution in [0.25, 0.3) is 0 Å². The van der Waals surface area contributed by atoms with Gasteiger partial charge in [0.05, 0.1) is 25.9 Å². The molecule has 3 N–H and O–H groups in total. The van der Waals surface area contributed by atoms with Gasteiger partial charge in [0.15, 0.2) is 0 Å². The predicted molar refractivity (Wildman–Crippen MR) is 78.9 cm³/mol. The molecule has 0 bridgehead atoms. The Bertz CT molecular complexity index is 328. The van der Waals surface area contributed by atoms with Gasteiger partial charge in [-0.25, -0.2) is 4.79 Å². The van der Waals surface area contributed by atoms with E-state index in [1.807, 2.05) is 18.7 Å². The number of aliphatic hydroxyl groups excluding tert-OH is 1. The van der Waals surface area contributed by atoms with Crippen LogP contribution in [-0.2, 0) is 9.53 Å². The SMILES string of the molecule is CC(C)CNC(=O)NC(=O)CN1CCC(OCCO)CC1. The minimum atomic E-state index is -0.435. The average molecular weight is 301 g/mol. The minimum absolute atomic E-state index is 0.0358. The number of hydrogen-bond acceptors (Lipinski definition) is 5. The lowest BCUT2D eigenvalue weighted by molar-refractivity contribution is -0.121. The molecule has 0 atom stereocenters. The van der Waals surface area contributed by atoms with Crippen molar-refractivity contribution in [3.05, 3.63) is 0 Å². The highest BCUT2D eigenvalue weighted by atomic mass is 16.5. The van der Waals surface area contributed by atoms with E-state index in [0.29, 0.717) is 19.1 Å². The molecule has 0 spiro atoms. The second-order valence-corrected chi connectivity index (χ2v) is 5.72. The van der Waals surface area contributed by atoms with Gasteiger partial charge < -0.3 is 15.2 Å². The van der Waals surface area contributed by atoms with Crippen LogP contribution < -0.4 is 10.6 Å². The van der Waals surface area contributed by atoms with Gasteiger partial charge in [0, 0.05) is 19.6 Å². The Balaban J connectivity index is 2.16. The summed E-state index contributed by atoms with van der Waals surface area (Å²) >= 11 is 0. The molecule has 1 aliphatic heterocycles. The first kappa shape index (κ1) is 17.9. The van der Waals surface area contributed by atoms with Crippen molar-refractivity contribution in [2.75, 3.05) is 39.4 Å². The van der Waals surface area contributed by atoms with E-state index in [1.165, 1.54) is 0 Å². The van der Waals surface area contributed by atoms with Crippen LogP contribution in [0.1, 0.15) is 26.7 Å². The number of rotatable bonds is 7. The molecule has 0 aromatic rings. The Morgan fingerprint density at radius 1 is 1.33 bits per heavy atom. The minimum Gasteiger partial charge on any atom is -0.394 e. The quantitative estimate of drug-likeness (QED) is 0.613. The van der Waals surface area contributed by atoms with Gasteiger partial charge in [0.1, 0.15) is 0 Å². The lowest BCUT2D eigenvalue weighted by Gasteiger charge is -2.31. The monoisotopic (exact) mass is 301 g/mol. The lowest BCUT2D eigenvalue weighted by Crippen LogP contribution is -2.47. The third-order valence-corrected chi connectivity index (χ3v) is 3.27. The normalized spacial score (nSPS) is 17.0. The number of piperidine rings is 1. The van der Waals surface area contributed by atoms with Crippen molar-refractivity contribution in [1.29, 1.82) is 0 Å². The second kappa shape index (κ2) is 9.70. The van der Waals surface area contributed by atoms with Crippen molar-refractivity contribution in [3.63, 3.8) is 0 Å². The van der Waals surface area contributed by atoms with Gasteiger partial charge in [-0.05, 0) is 18.8 Å². The Labute approximate surface area is 126 Å². The maximum atomic E-state index is 11.7. The average Bonchev–Trinajstić information content (AvgIpc) is 2.44. The Kier molecular flexibility index (Phi) is 8.26. The van der Waals surface area contributed by atoms with E-state index in [0.717, 1.165) is 25.9 Å². The highest BCUT2D eigenvalue weighted by Crippen LogP contribution is 2.12. The van der Waals surface area contributed by atoms with Crippen molar-refractivity contribution in [1.82, 2.24) is 15.5 Å². The number of amides is 3. The van der Waals surface area contributed by atoms with Crippen LogP contribution in [0.15, 0.2) is 0 Å². The predicted octanol–water partition coefficient (Wildman–Crippen LogP) is -0.0585. The molecule has 7 nitrogen and oxygen atoms in total.